The minimum Gasteiger partial charge on any atom is -0.347 e. The molecule has 0 unspecified atom stereocenters. The number of para-hydroxylation sites is 1. The van der Waals surface area contributed by atoms with Crippen LogP contribution in [0.5, 0.6) is 0 Å². The van der Waals surface area contributed by atoms with Gasteiger partial charge in [-0.3, -0.25) is 9.52 Å². The summed E-state index contributed by atoms with van der Waals surface area (Å²) < 4.78 is 28.4. The molecule has 0 fully saturated rings. The minimum absolute atomic E-state index is 0.0611. The first-order valence-corrected chi connectivity index (χ1v) is 10.6. The zero-order valence-electron chi connectivity index (χ0n) is 15.4. The van der Waals surface area contributed by atoms with Gasteiger partial charge in [0, 0.05) is 29.3 Å². The smallest absolute Gasteiger partial charge is 0.257 e. The van der Waals surface area contributed by atoms with E-state index in [-0.39, 0.29) is 22.9 Å². The molecule has 0 aliphatic heterocycles. The molecule has 0 saturated carbocycles. The molecule has 2 aromatic carbocycles. The molecule has 3 aromatic rings. The van der Waals surface area contributed by atoms with E-state index in [4.69, 9.17) is 0 Å². The Morgan fingerprint density at radius 1 is 1.07 bits per heavy atom. The number of nitrogens with one attached hydrogen (secondary N) is 2. The van der Waals surface area contributed by atoms with Gasteiger partial charge in [0.25, 0.3) is 5.91 Å². The molecule has 0 spiro atoms. The highest BCUT2D eigenvalue weighted by Crippen LogP contribution is 2.23. The normalized spacial score (nSPS) is 11.5. The predicted molar refractivity (Wildman–Crippen MR) is 110 cm³/mol. The van der Waals surface area contributed by atoms with Crippen molar-refractivity contribution in [1.29, 1.82) is 0 Å². The topological polar surface area (TPSA) is 80.2 Å². The van der Waals surface area contributed by atoms with E-state index in [1.54, 1.807) is 31.2 Å². The third-order valence-corrected chi connectivity index (χ3v) is 5.60. The molecule has 0 radical (unpaired) electrons. The van der Waals surface area contributed by atoms with E-state index in [1.165, 1.54) is 0 Å². The van der Waals surface area contributed by atoms with E-state index in [0.717, 1.165) is 23.9 Å². The van der Waals surface area contributed by atoms with Crippen LogP contribution in [0.15, 0.2) is 54.7 Å². The number of hydrogen-bond acceptors (Lipinski definition) is 3. The van der Waals surface area contributed by atoms with E-state index in [9.17, 15) is 13.2 Å². The Morgan fingerprint density at radius 2 is 1.85 bits per heavy atom. The summed E-state index contributed by atoms with van der Waals surface area (Å²) in [6.07, 6.45) is 3.08. The lowest BCUT2D eigenvalue weighted by Gasteiger charge is -2.12. The van der Waals surface area contributed by atoms with Gasteiger partial charge in [0.05, 0.1) is 17.0 Å². The summed E-state index contributed by atoms with van der Waals surface area (Å²) in [5.74, 6) is -0.425. The Balaban J connectivity index is 1.84. The van der Waals surface area contributed by atoms with Gasteiger partial charge in [-0.1, -0.05) is 19.1 Å². The van der Waals surface area contributed by atoms with Gasteiger partial charge < -0.3 is 9.88 Å². The third-order valence-electron chi connectivity index (χ3n) is 4.31. The number of rotatable bonds is 7. The monoisotopic (exact) mass is 385 g/mol. The first kappa shape index (κ1) is 19.0. The summed E-state index contributed by atoms with van der Waals surface area (Å²) in [5, 5.41) is 3.90. The molecular weight excluding hydrogens is 362 g/mol. The van der Waals surface area contributed by atoms with Crippen molar-refractivity contribution < 1.29 is 13.2 Å². The second-order valence-corrected chi connectivity index (χ2v) is 8.30. The summed E-state index contributed by atoms with van der Waals surface area (Å²) >= 11 is 0. The van der Waals surface area contributed by atoms with Crippen molar-refractivity contribution >= 4 is 38.2 Å². The molecule has 1 aromatic heterocycles. The molecule has 0 aliphatic carbocycles. The molecule has 1 amide bonds. The molecule has 142 valence electrons. The zero-order chi connectivity index (χ0) is 19.4. The number of benzene rings is 2. The van der Waals surface area contributed by atoms with Crippen LogP contribution in [0.4, 0.5) is 11.4 Å². The van der Waals surface area contributed by atoms with Crippen LogP contribution >= 0.6 is 0 Å². The van der Waals surface area contributed by atoms with Crippen LogP contribution in [0.1, 0.15) is 30.6 Å². The lowest BCUT2D eigenvalue weighted by molar-refractivity contribution is 0.102. The number of fused-ring (bicyclic) bond motifs is 1. The number of amides is 1. The SMILES string of the molecule is CCCn1ccc2cc(NC(=O)c3ccccc3NS(=O)(=O)CC)ccc21. The standard InChI is InChI=1S/C20H23N3O3S/c1-3-12-23-13-11-15-14-16(9-10-19(15)23)21-20(24)17-7-5-6-8-18(17)22-27(25,26)4-2/h5-11,13-14,22H,3-4,12H2,1-2H3,(H,21,24). The molecular formula is C20H23N3O3S. The Bertz CT molecular complexity index is 1070. The summed E-state index contributed by atoms with van der Waals surface area (Å²) in [5.41, 5.74) is 2.33. The fourth-order valence-electron chi connectivity index (χ4n) is 2.92. The van der Waals surface area contributed by atoms with Crippen LogP contribution in [-0.4, -0.2) is 24.6 Å². The molecule has 6 nitrogen and oxygen atoms in total. The quantitative estimate of drug-likeness (QED) is 0.643. The average molecular weight is 385 g/mol. The fraction of sp³-hybridized carbons (Fsp3) is 0.250. The first-order chi connectivity index (χ1) is 12.9. The predicted octanol–water partition coefficient (Wildman–Crippen LogP) is 4.07. The van der Waals surface area contributed by atoms with Crippen molar-refractivity contribution in [3.8, 4) is 0 Å². The maximum absolute atomic E-state index is 12.7. The molecule has 3 rings (SSSR count). The maximum atomic E-state index is 12.7. The molecule has 0 atom stereocenters. The average Bonchev–Trinajstić information content (AvgIpc) is 3.04. The molecule has 27 heavy (non-hydrogen) atoms. The highest BCUT2D eigenvalue weighted by atomic mass is 32.2. The van der Waals surface area contributed by atoms with E-state index < -0.39 is 10.0 Å². The summed E-state index contributed by atoms with van der Waals surface area (Å²) in [6.45, 7) is 4.62. The number of aryl methyl sites for hydroxylation is 1. The Hall–Kier alpha value is -2.80. The van der Waals surface area contributed by atoms with Crippen LogP contribution in [0.2, 0.25) is 0 Å². The van der Waals surface area contributed by atoms with Gasteiger partial charge in [-0.15, -0.1) is 0 Å². The van der Waals surface area contributed by atoms with Gasteiger partial charge in [-0.05, 0) is 49.7 Å². The molecule has 2 N–H and O–H groups in total. The van der Waals surface area contributed by atoms with Gasteiger partial charge in [0.1, 0.15) is 0 Å². The van der Waals surface area contributed by atoms with Gasteiger partial charge in [-0.2, -0.15) is 0 Å². The van der Waals surface area contributed by atoms with Crippen LogP contribution in [0.25, 0.3) is 10.9 Å². The number of carbonyl (C=O) groups excluding carboxylic acids is 1. The van der Waals surface area contributed by atoms with Gasteiger partial charge in [-0.25, -0.2) is 8.42 Å². The number of carbonyl (C=O) groups is 1. The molecule has 0 saturated heterocycles. The van der Waals surface area contributed by atoms with E-state index >= 15 is 0 Å². The molecule has 0 bridgehead atoms. The number of hydrogen-bond donors (Lipinski definition) is 2. The van der Waals surface area contributed by atoms with Crippen molar-refractivity contribution in [2.24, 2.45) is 0 Å². The van der Waals surface area contributed by atoms with Gasteiger partial charge in [0.15, 0.2) is 0 Å². The van der Waals surface area contributed by atoms with E-state index in [0.29, 0.717) is 5.69 Å². The Morgan fingerprint density at radius 3 is 2.59 bits per heavy atom. The fourth-order valence-corrected chi connectivity index (χ4v) is 3.58. The molecule has 0 aliphatic rings. The number of sulfonamides is 1. The summed E-state index contributed by atoms with van der Waals surface area (Å²) in [4.78, 5) is 12.7. The Labute approximate surface area is 159 Å². The maximum Gasteiger partial charge on any atom is 0.257 e. The Kier molecular flexibility index (Phi) is 5.51. The molecule has 7 heteroatoms. The van der Waals surface area contributed by atoms with E-state index in [2.05, 4.69) is 21.5 Å². The van der Waals surface area contributed by atoms with Crippen molar-refractivity contribution in [3.05, 3.63) is 60.3 Å². The van der Waals surface area contributed by atoms with E-state index in [1.807, 2.05) is 30.5 Å². The minimum atomic E-state index is -3.47. The largest absolute Gasteiger partial charge is 0.347 e. The summed E-state index contributed by atoms with van der Waals surface area (Å²) in [6, 6.07) is 14.3. The van der Waals surface area contributed by atoms with Crippen molar-refractivity contribution in [3.63, 3.8) is 0 Å². The first-order valence-electron chi connectivity index (χ1n) is 8.93. The second-order valence-electron chi connectivity index (χ2n) is 6.29. The zero-order valence-corrected chi connectivity index (χ0v) is 16.2. The lowest BCUT2D eigenvalue weighted by Crippen LogP contribution is -2.19. The number of nitrogens with zero attached hydrogens (tertiary/aromatic N) is 1. The van der Waals surface area contributed by atoms with Crippen LogP contribution in [0.3, 0.4) is 0 Å². The van der Waals surface area contributed by atoms with Gasteiger partial charge >= 0.3 is 0 Å². The van der Waals surface area contributed by atoms with Gasteiger partial charge in [0.2, 0.25) is 10.0 Å². The summed E-state index contributed by atoms with van der Waals surface area (Å²) in [7, 11) is -3.47. The number of anilines is 2. The lowest BCUT2D eigenvalue weighted by atomic mass is 10.1. The van der Waals surface area contributed by atoms with Crippen LogP contribution < -0.4 is 10.0 Å². The van der Waals surface area contributed by atoms with Crippen molar-refractivity contribution in [2.75, 3.05) is 15.8 Å². The van der Waals surface area contributed by atoms with Crippen LogP contribution in [-0.2, 0) is 16.6 Å². The van der Waals surface area contributed by atoms with Crippen molar-refractivity contribution in [2.45, 2.75) is 26.8 Å². The highest BCUT2D eigenvalue weighted by Gasteiger charge is 2.15. The van der Waals surface area contributed by atoms with Crippen LogP contribution in [0, 0.1) is 0 Å². The third kappa shape index (κ3) is 4.31. The van der Waals surface area contributed by atoms with Crippen molar-refractivity contribution in [1.82, 2.24) is 4.57 Å². The molecule has 1 heterocycles. The highest BCUT2D eigenvalue weighted by molar-refractivity contribution is 7.92. The number of aromatic nitrogens is 1. The second kappa shape index (κ2) is 7.84.